The van der Waals surface area contributed by atoms with E-state index >= 15 is 0 Å². The molecule has 0 aromatic heterocycles. The Bertz CT molecular complexity index is 502. The molecule has 1 heterocycles. The van der Waals surface area contributed by atoms with Gasteiger partial charge in [-0.1, -0.05) is 0 Å². The van der Waals surface area contributed by atoms with E-state index in [-0.39, 0.29) is 0 Å². The molecule has 0 amide bonds. The average molecular weight is 348 g/mol. The van der Waals surface area contributed by atoms with Gasteiger partial charge in [-0.3, -0.25) is 14.4 Å². The summed E-state index contributed by atoms with van der Waals surface area (Å²) >= 11 is 0. The first kappa shape index (κ1) is 19.8. The standard InChI is InChI=1S/C14H20O10/c1-6(15)21-9-10(22-7(2)16)12(23-8(3)17)14(20-5)24-11(9)13(18)19-4/h9-12,14H,1-5H3/t9-,10+,11+,12+,14+/m0/s1. The van der Waals surface area contributed by atoms with E-state index in [1.807, 2.05) is 0 Å². The monoisotopic (exact) mass is 348 g/mol. The molecular formula is C14H20O10. The topological polar surface area (TPSA) is 124 Å². The van der Waals surface area contributed by atoms with Gasteiger partial charge in [0.15, 0.2) is 30.7 Å². The molecule has 0 aromatic rings. The lowest BCUT2D eigenvalue weighted by atomic mass is 9.97. The summed E-state index contributed by atoms with van der Waals surface area (Å²) in [6.45, 7) is 3.34. The summed E-state index contributed by atoms with van der Waals surface area (Å²) in [7, 11) is 2.35. The molecule has 5 atom stereocenters. The highest BCUT2D eigenvalue weighted by atomic mass is 16.7. The molecule has 136 valence electrons. The van der Waals surface area contributed by atoms with Crippen LogP contribution in [0.4, 0.5) is 0 Å². The quantitative estimate of drug-likeness (QED) is 0.466. The minimum Gasteiger partial charge on any atom is -0.467 e. The van der Waals surface area contributed by atoms with Crippen LogP contribution in [0.25, 0.3) is 0 Å². The lowest BCUT2D eigenvalue weighted by Gasteiger charge is -2.42. The fourth-order valence-electron chi connectivity index (χ4n) is 2.27. The molecule has 10 nitrogen and oxygen atoms in total. The van der Waals surface area contributed by atoms with Crippen LogP contribution in [0.2, 0.25) is 0 Å². The van der Waals surface area contributed by atoms with Crippen molar-refractivity contribution in [1.82, 2.24) is 0 Å². The van der Waals surface area contributed by atoms with Gasteiger partial charge in [0.05, 0.1) is 7.11 Å². The van der Waals surface area contributed by atoms with Crippen molar-refractivity contribution in [2.75, 3.05) is 14.2 Å². The van der Waals surface area contributed by atoms with Crippen LogP contribution >= 0.6 is 0 Å². The fourth-order valence-corrected chi connectivity index (χ4v) is 2.27. The maximum absolute atomic E-state index is 11.9. The van der Waals surface area contributed by atoms with Crippen molar-refractivity contribution >= 4 is 23.9 Å². The van der Waals surface area contributed by atoms with Crippen LogP contribution in [0.1, 0.15) is 20.8 Å². The molecule has 0 bridgehead atoms. The SMILES string of the molecule is COC(=O)[C@@H]1O[C@@H](OC)[C@H](OC(C)=O)[C@H](OC(C)=O)[C@@H]1OC(C)=O. The number of methoxy groups -OCH3 is 2. The molecule has 0 spiro atoms. The van der Waals surface area contributed by atoms with E-state index in [0.717, 1.165) is 27.9 Å². The highest BCUT2D eigenvalue weighted by Gasteiger charge is 2.54. The fraction of sp³-hybridized carbons (Fsp3) is 0.714. The Morgan fingerprint density at radius 3 is 1.62 bits per heavy atom. The Hall–Kier alpha value is -2.20. The average Bonchev–Trinajstić information content (AvgIpc) is 2.48. The van der Waals surface area contributed by atoms with E-state index in [9.17, 15) is 19.2 Å². The van der Waals surface area contributed by atoms with Crippen LogP contribution in [0, 0.1) is 0 Å². The number of rotatable bonds is 5. The number of carbonyl (C=O) groups excluding carboxylic acids is 4. The Kier molecular flexibility index (Phi) is 7.11. The molecule has 0 saturated carbocycles. The van der Waals surface area contributed by atoms with Gasteiger partial charge in [0.2, 0.25) is 0 Å². The van der Waals surface area contributed by atoms with Gasteiger partial charge in [0.1, 0.15) is 0 Å². The first-order valence-corrected chi connectivity index (χ1v) is 6.99. The van der Waals surface area contributed by atoms with Crippen molar-refractivity contribution in [1.29, 1.82) is 0 Å². The van der Waals surface area contributed by atoms with Crippen molar-refractivity contribution in [3.05, 3.63) is 0 Å². The van der Waals surface area contributed by atoms with Crippen LogP contribution in [0.15, 0.2) is 0 Å². The van der Waals surface area contributed by atoms with Crippen LogP contribution in [-0.4, -0.2) is 68.8 Å². The zero-order valence-corrected chi connectivity index (χ0v) is 14.0. The molecular weight excluding hydrogens is 328 g/mol. The van der Waals surface area contributed by atoms with E-state index in [2.05, 4.69) is 4.74 Å². The van der Waals surface area contributed by atoms with Gasteiger partial charge in [0, 0.05) is 27.9 Å². The van der Waals surface area contributed by atoms with Gasteiger partial charge < -0.3 is 28.4 Å². The van der Waals surface area contributed by atoms with Crippen molar-refractivity contribution in [2.45, 2.75) is 51.5 Å². The Morgan fingerprint density at radius 1 is 0.750 bits per heavy atom. The number of esters is 4. The van der Waals surface area contributed by atoms with E-state index in [1.54, 1.807) is 0 Å². The van der Waals surface area contributed by atoms with E-state index < -0.39 is 54.6 Å². The van der Waals surface area contributed by atoms with Crippen LogP contribution < -0.4 is 0 Å². The number of carbonyl (C=O) groups is 4. The second kappa shape index (κ2) is 8.60. The smallest absolute Gasteiger partial charge is 0.339 e. The van der Waals surface area contributed by atoms with E-state index in [1.165, 1.54) is 7.11 Å². The summed E-state index contributed by atoms with van der Waals surface area (Å²) in [5.74, 6) is -3.08. The summed E-state index contributed by atoms with van der Waals surface area (Å²) in [5, 5.41) is 0. The zero-order chi connectivity index (χ0) is 18.4. The zero-order valence-electron chi connectivity index (χ0n) is 14.0. The van der Waals surface area contributed by atoms with Crippen molar-refractivity contribution in [3.63, 3.8) is 0 Å². The molecule has 0 N–H and O–H groups in total. The Morgan fingerprint density at radius 2 is 1.21 bits per heavy atom. The Labute approximate surface area is 138 Å². The largest absolute Gasteiger partial charge is 0.467 e. The maximum Gasteiger partial charge on any atom is 0.339 e. The van der Waals surface area contributed by atoms with Gasteiger partial charge in [0.25, 0.3) is 0 Å². The van der Waals surface area contributed by atoms with Crippen molar-refractivity contribution < 1.29 is 47.6 Å². The molecule has 0 aliphatic carbocycles. The van der Waals surface area contributed by atoms with Crippen LogP contribution in [0.3, 0.4) is 0 Å². The van der Waals surface area contributed by atoms with Gasteiger partial charge >= 0.3 is 23.9 Å². The minimum atomic E-state index is -1.43. The second-order valence-electron chi connectivity index (χ2n) is 4.91. The third kappa shape index (κ3) is 4.90. The molecule has 1 aliphatic heterocycles. The highest BCUT2D eigenvalue weighted by Crippen LogP contribution is 2.29. The first-order valence-electron chi connectivity index (χ1n) is 6.99. The second-order valence-corrected chi connectivity index (χ2v) is 4.91. The predicted octanol–water partition coefficient (Wildman–Crippen LogP) is -0.674. The summed E-state index contributed by atoms with van der Waals surface area (Å²) < 4.78 is 30.3. The van der Waals surface area contributed by atoms with Crippen LogP contribution in [-0.2, 0) is 47.6 Å². The lowest BCUT2D eigenvalue weighted by Crippen LogP contribution is -2.63. The molecule has 1 aliphatic rings. The third-order valence-electron chi connectivity index (χ3n) is 3.07. The lowest BCUT2D eigenvalue weighted by molar-refractivity contribution is -0.296. The molecule has 10 heteroatoms. The summed E-state index contributed by atoms with van der Waals surface area (Å²) in [5.41, 5.74) is 0. The maximum atomic E-state index is 11.9. The highest BCUT2D eigenvalue weighted by molar-refractivity contribution is 5.77. The summed E-state index contributed by atoms with van der Waals surface area (Å²) in [6, 6.07) is 0. The summed E-state index contributed by atoms with van der Waals surface area (Å²) in [6.07, 6.45) is -6.62. The number of ether oxygens (including phenoxy) is 6. The minimum absolute atomic E-state index is 0.708. The predicted molar refractivity (Wildman–Crippen MR) is 74.3 cm³/mol. The van der Waals surface area contributed by atoms with E-state index in [0.29, 0.717) is 0 Å². The molecule has 0 aromatic carbocycles. The van der Waals surface area contributed by atoms with Gasteiger partial charge in [-0.2, -0.15) is 0 Å². The van der Waals surface area contributed by atoms with Gasteiger partial charge in [-0.05, 0) is 0 Å². The molecule has 1 fully saturated rings. The van der Waals surface area contributed by atoms with E-state index in [4.69, 9.17) is 23.7 Å². The third-order valence-corrected chi connectivity index (χ3v) is 3.07. The normalized spacial score (nSPS) is 29.3. The summed E-state index contributed by atoms with van der Waals surface area (Å²) in [4.78, 5) is 46.1. The number of hydrogen-bond donors (Lipinski definition) is 0. The molecule has 0 unspecified atom stereocenters. The van der Waals surface area contributed by atoms with Gasteiger partial charge in [-0.25, -0.2) is 4.79 Å². The first-order chi connectivity index (χ1) is 11.2. The van der Waals surface area contributed by atoms with Crippen molar-refractivity contribution in [3.8, 4) is 0 Å². The Balaban J connectivity index is 3.28. The van der Waals surface area contributed by atoms with Gasteiger partial charge in [-0.15, -0.1) is 0 Å². The molecule has 1 saturated heterocycles. The van der Waals surface area contributed by atoms with Crippen LogP contribution in [0.5, 0.6) is 0 Å². The van der Waals surface area contributed by atoms with Crippen molar-refractivity contribution in [2.24, 2.45) is 0 Å². The number of hydrogen-bond acceptors (Lipinski definition) is 10. The molecule has 1 rings (SSSR count). The molecule has 24 heavy (non-hydrogen) atoms. The molecule has 0 radical (unpaired) electrons.